The molecule has 6 heteroatoms. The first kappa shape index (κ1) is 15.8. The summed E-state index contributed by atoms with van der Waals surface area (Å²) in [6, 6.07) is 12.8. The maximum absolute atomic E-state index is 12.1. The molecule has 0 aliphatic carbocycles. The SMILES string of the molecule is Cc1ccccc1N=C1NC(=O)/C(=C\c2ccc(O)c(Br)c2)S1. The van der Waals surface area contributed by atoms with Gasteiger partial charge in [0.05, 0.1) is 15.1 Å². The molecule has 4 nitrogen and oxygen atoms in total. The van der Waals surface area contributed by atoms with Gasteiger partial charge in [-0.2, -0.15) is 0 Å². The summed E-state index contributed by atoms with van der Waals surface area (Å²) in [5.74, 6) is -0.0102. The number of hydrogen-bond donors (Lipinski definition) is 2. The van der Waals surface area contributed by atoms with E-state index in [9.17, 15) is 9.90 Å². The lowest BCUT2D eigenvalue weighted by atomic mass is 10.2. The van der Waals surface area contributed by atoms with Crippen LogP contribution in [0.4, 0.5) is 5.69 Å². The molecular formula is C17H13BrN2O2S. The second-order valence-corrected chi connectivity index (χ2v) is 6.86. The number of hydrogen-bond acceptors (Lipinski definition) is 4. The van der Waals surface area contributed by atoms with E-state index in [0.717, 1.165) is 16.8 Å². The average molecular weight is 389 g/mol. The van der Waals surface area contributed by atoms with Crippen molar-refractivity contribution in [2.75, 3.05) is 0 Å². The zero-order chi connectivity index (χ0) is 16.4. The third-order valence-electron chi connectivity index (χ3n) is 3.26. The number of amides is 1. The number of phenolic OH excluding ortho intramolecular Hbond substituents is 1. The molecule has 1 saturated heterocycles. The van der Waals surface area contributed by atoms with Crippen LogP contribution in [0.1, 0.15) is 11.1 Å². The fourth-order valence-corrected chi connectivity index (χ4v) is 3.27. The molecule has 1 heterocycles. The molecular weight excluding hydrogens is 376 g/mol. The number of thioether (sulfide) groups is 1. The summed E-state index contributed by atoms with van der Waals surface area (Å²) in [5, 5.41) is 12.9. The van der Waals surface area contributed by atoms with Gasteiger partial charge in [0.15, 0.2) is 5.17 Å². The molecule has 1 aliphatic rings. The van der Waals surface area contributed by atoms with Crippen molar-refractivity contribution in [3.8, 4) is 5.75 Å². The van der Waals surface area contributed by atoms with Crippen molar-refractivity contribution in [1.82, 2.24) is 5.32 Å². The molecule has 0 saturated carbocycles. The Bertz CT molecular complexity index is 846. The Morgan fingerprint density at radius 3 is 2.78 bits per heavy atom. The maximum Gasteiger partial charge on any atom is 0.264 e. The molecule has 1 aliphatic heterocycles. The summed E-state index contributed by atoms with van der Waals surface area (Å²) in [6.45, 7) is 1.98. The Kier molecular flexibility index (Phi) is 4.54. The first-order valence-corrected chi connectivity index (χ1v) is 8.47. The number of para-hydroxylation sites is 1. The van der Waals surface area contributed by atoms with Crippen LogP contribution in [0, 0.1) is 6.92 Å². The van der Waals surface area contributed by atoms with Crippen LogP contribution in [0.15, 0.2) is 56.8 Å². The first-order chi connectivity index (χ1) is 11.0. The van der Waals surface area contributed by atoms with E-state index < -0.39 is 0 Å². The first-order valence-electron chi connectivity index (χ1n) is 6.86. The van der Waals surface area contributed by atoms with E-state index in [2.05, 4.69) is 26.2 Å². The van der Waals surface area contributed by atoms with Gasteiger partial charge >= 0.3 is 0 Å². The molecule has 23 heavy (non-hydrogen) atoms. The number of carbonyl (C=O) groups excluding carboxylic acids is 1. The third kappa shape index (κ3) is 3.65. The van der Waals surface area contributed by atoms with Crippen molar-refractivity contribution >= 4 is 50.5 Å². The molecule has 0 atom stereocenters. The topological polar surface area (TPSA) is 61.7 Å². The molecule has 0 aromatic heterocycles. The zero-order valence-corrected chi connectivity index (χ0v) is 14.6. The van der Waals surface area contributed by atoms with E-state index in [4.69, 9.17) is 0 Å². The maximum atomic E-state index is 12.1. The highest BCUT2D eigenvalue weighted by Crippen LogP contribution is 2.31. The number of halogens is 1. The van der Waals surface area contributed by atoms with Gasteiger partial charge < -0.3 is 10.4 Å². The highest BCUT2D eigenvalue weighted by atomic mass is 79.9. The molecule has 2 aromatic carbocycles. The Balaban J connectivity index is 1.86. The van der Waals surface area contributed by atoms with Crippen LogP contribution in [0.3, 0.4) is 0 Å². The van der Waals surface area contributed by atoms with Crippen LogP contribution in [-0.2, 0) is 4.79 Å². The minimum Gasteiger partial charge on any atom is -0.507 e. The quantitative estimate of drug-likeness (QED) is 0.751. The van der Waals surface area contributed by atoms with E-state index in [0.29, 0.717) is 14.5 Å². The van der Waals surface area contributed by atoms with Crippen molar-refractivity contribution in [3.63, 3.8) is 0 Å². The van der Waals surface area contributed by atoms with Crippen LogP contribution in [0.5, 0.6) is 5.75 Å². The highest BCUT2D eigenvalue weighted by Gasteiger charge is 2.24. The number of carbonyl (C=O) groups is 1. The van der Waals surface area contributed by atoms with E-state index in [1.54, 1.807) is 24.3 Å². The summed E-state index contributed by atoms with van der Waals surface area (Å²) in [4.78, 5) is 17.1. The number of phenols is 1. The average Bonchev–Trinajstić information content (AvgIpc) is 2.85. The third-order valence-corrected chi connectivity index (χ3v) is 4.80. The minimum absolute atomic E-state index is 0.164. The standard InChI is InChI=1S/C17H13BrN2O2S/c1-10-4-2-3-5-13(10)19-17-20-16(22)15(23-17)9-11-6-7-14(21)12(18)8-11/h2-9,21H,1H3,(H,19,20,22)/b15-9+. The fraction of sp³-hybridized carbons (Fsp3) is 0.0588. The molecule has 2 N–H and O–H groups in total. The molecule has 2 aromatic rings. The van der Waals surface area contributed by atoms with Crippen LogP contribution >= 0.6 is 27.7 Å². The number of rotatable bonds is 2. The largest absolute Gasteiger partial charge is 0.507 e. The minimum atomic E-state index is -0.175. The van der Waals surface area contributed by atoms with E-state index >= 15 is 0 Å². The number of amidine groups is 1. The number of aromatic hydroxyl groups is 1. The van der Waals surface area contributed by atoms with Gasteiger partial charge in [0, 0.05) is 0 Å². The second-order valence-electron chi connectivity index (χ2n) is 4.98. The Hall–Kier alpha value is -2.05. The van der Waals surface area contributed by atoms with Gasteiger partial charge in [-0.25, -0.2) is 4.99 Å². The van der Waals surface area contributed by atoms with Gasteiger partial charge in [0.25, 0.3) is 5.91 Å². The van der Waals surface area contributed by atoms with Crippen LogP contribution in [0.2, 0.25) is 0 Å². The molecule has 0 radical (unpaired) electrons. The van der Waals surface area contributed by atoms with Gasteiger partial charge in [0.1, 0.15) is 5.75 Å². The molecule has 116 valence electrons. The fourth-order valence-electron chi connectivity index (χ4n) is 2.04. The monoisotopic (exact) mass is 388 g/mol. The van der Waals surface area contributed by atoms with E-state index in [1.165, 1.54) is 11.8 Å². The smallest absolute Gasteiger partial charge is 0.264 e. The number of nitrogens with zero attached hydrogens (tertiary/aromatic N) is 1. The van der Waals surface area contributed by atoms with Crippen molar-refractivity contribution in [2.45, 2.75) is 6.92 Å². The number of nitrogens with one attached hydrogen (secondary N) is 1. The lowest BCUT2D eigenvalue weighted by Gasteiger charge is -2.00. The molecule has 0 bridgehead atoms. The predicted octanol–water partition coefficient (Wildman–Crippen LogP) is 4.35. The highest BCUT2D eigenvalue weighted by molar-refractivity contribution is 9.10. The van der Waals surface area contributed by atoms with Gasteiger partial charge in [-0.05, 0) is 70.0 Å². The van der Waals surface area contributed by atoms with Gasteiger partial charge in [-0.3, -0.25) is 4.79 Å². The summed E-state index contributed by atoms with van der Waals surface area (Å²) >= 11 is 4.56. The van der Waals surface area contributed by atoms with Gasteiger partial charge in [-0.15, -0.1) is 0 Å². The van der Waals surface area contributed by atoms with Crippen LogP contribution in [0.25, 0.3) is 6.08 Å². The normalized spacial score (nSPS) is 17.7. The summed E-state index contributed by atoms with van der Waals surface area (Å²) < 4.78 is 0.587. The molecule has 3 rings (SSSR count). The number of aryl methyl sites for hydroxylation is 1. The lowest BCUT2D eigenvalue weighted by Crippen LogP contribution is -2.19. The van der Waals surface area contributed by atoms with Crippen molar-refractivity contribution in [1.29, 1.82) is 0 Å². The Morgan fingerprint density at radius 1 is 1.26 bits per heavy atom. The van der Waals surface area contributed by atoms with Crippen molar-refractivity contribution < 1.29 is 9.90 Å². The zero-order valence-electron chi connectivity index (χ0n) is 12.2. The Morgan fingerprint density at radius 2 is 2.04 bits per heavy atom. The molecule has 0 unspecified atom stereocenters. The van der Waals surface area contributed by atoms with E-state index in [-0.39, 0.29) is 11.7 Å². The lowest BCUT2D eigenvalue weighted by molar-refractivity contribution is -0.115. The summed E-state index contributed by atoms with van der Waals surface area (Å²) in [6.07, 6.45) is 1.77. The van der Waals surface area contributed by atoms with Gasteiger partial charge in [-0.1, -0.05) is 24.3 Å². The molecule has 1 fully saturated rings. The van der Waals surface area contributed by atoms with Crippen LogP contribution < -0.4 is 5.32 Å². The second kappa shape index (κ2) is 6.60. The molecule has 1 amide bonds. The Labute approximate surface area is 146 Å². The van der Waals surface area contributed by atoms with Crippen molar-refractivity contribution in [2.24, 2.45) is 4.99 Å². The summed E-state index contributed by atoms with van der Waals surface area (Å²) in [5.41, 5.74) is 2.71. The number of aliphatic imine (C=N–C) groups is 1. The predicted molar refractivity (Wildman–Crippen MR) is 97.8 cm³/mol. The number of benzene rings is 2. The van der Waals surface area contributed by atoms with Gasteiger partial charge in [0.2, 0.25) is 0 Å². The molecule has 0 spiro atoms. The van der Waals surface area contributed by atoms with Crippen molar-refractivity contribution in [3.05, 3.63) is 63.0 Å². The van der Waals surface area contributed by atoms with Crippen LogP contribution in [-0.4, -0.2) is 16.2 Å². The summed E-state index contributed by atoms with van der Waals surface area (Å²) in [7, 11) is 0. The van der Waals surface area contributed by atoms with E-state index in [1.807, 2.05) is 31.2 Å².